The van der Waals surface area contributed by atoms with Gasteiger partial charge in [0.15, 0.2) is 0 Å². The zero-order chi connectivity index (χ0) is 9.97. The number of hydrogen-bond donors (Lipinski definition) is 0. The van der Waals surface area contributed by atoms with Crippen LogP contribution in [0.4, 0.5) is 4.39 Å². The van der Waals surface area contributed by atoms with Crippen LogP contribution in [0.15, 0.2) is 42.5 Å². The third-order valence-electron chi connectivity index (χ3n) is 1.97. The zero-order valence-electron chi connectivity index (χ0n) is 7.30. The van der Waals surface area contributed by atoms with Gasteiger partial charge in [-0.05, 0) is 23.8 Å². The molecular weight excluding hydrogens is 199 g/mol. The number of benzene rings is 2. The highest BCUT2D eigenvalue weighted by atomic mass is 35.5. The second-order valence-corrected chi connectivity index (χ2v) is 3.30. The topological polar surface area (TPSA) is 0 Å². The maximum absolute atomic E-state index is 13.5. The fourth-order valence-corrected chi connectivity index (χ4v) is 1.46. The predicted octanol–water partition coefficient (Wildman–Crippen LogP) is 3.95. The van der Waals surface area contributed by atoms with Crippen LogP contribution in [0.1, 0.15) is 0 Å². The molecule has 0 saturated heterocycles. The van der Waals surface area contributed by atoms with Crippen LogP contribution >= 0.6 is 11.6 Å². The molecule has 0 bridgehead atoms. The first-order chi connectivity index (χ1) is 6.79. The Labute approximate surface area is 87.0 Å². The highest BCUT2D eigenvalue weighted by molar-refractivity contribution is 6.31. The van der Waals surface area contributed by atoms with E-state index in [1.807, 2.05) is 12.1 Å². The predicted molar refractivity (Wildman–Crippen MR) is 55.7 cm³/mol. The maximum atomic E-state index is 13.5. The molecule has 1 radical (unpaired) electrons. The minimum Gasteiger partial charge on any atom is -0.205 e. The van der Waals surface area contributed by atoms with Gasteiger partial charge in [-0.25, -0.2) is 4.39 Å². The minimum absolute atomic E-state index is 0.145. The van der Waals surface area contributed by atoms with E-state index < -0.39 is 0 Å². The van der Waals surface area contributed by atoms with E-state index >= 15 is 0 Å². The summed E-state index contributed by atoms with van der Waals surface area (Å²) in [7, 11) is 0. The third kappa shape index (κ3) is 1.64. The second kappa shape index (κ2) is 3.81. The lowest BCUT2D eigenvalue weighted by Gasteiger charge is -2.03. The van der Waals surface area contributed by atoms with Crippen molar-refractivity contribution in [2.24, 2.45) is 0 Å². The molecule has 0 aliphatic heterocycles. The maximum Gasteiger partial charge on any atom is 0.149 e. The van der Waals surface area contributed by atoms with Gasteiger partial charge in [0.05, 0.1) is 5.02 Å². The van der Waals surface area contributed by atoms with Crippen molar-refractivity contribution in [3.8, 4) is 11.1 Å². The molecule has 69 valence electrons. The lowest BCUT2D eigenvalue weighted by molar-refractivity contribution is 0.632. The molecule has 0 nitrogen and oxygen atoms in total. The Kier molecular flexibility index (Phi) is 2.51. The first-order valence-electron chi connectivity index (χ1n) is 4.19. The second-order valence-electron chi connectivity index (χ2n) is 2.89. The molecule has 0 fully saturated rings. The van der Waals surface area contributed by atoms with Crippen LogP contribution in [0.25, 0.3) is 11.1 Å². The standard InChI is InChI=1S/C12H7ClF/c13-11-8-4-7-10(12(11)14)9-5-2-1-3-6-9/h1-2,4-8H. The monoisotopic (exact) mass is 205 g/mol. The van der Waals surface area contributed by atoms with Gasteiger partial charge in [-0.1, -0.05) is 41.9 Å². The van der Waals surface area contributed by atoms with Gasteiger partial charge in [0.25, 0.3) is 0 Å². The Bertz CT molecular complexity index is 437. The van der Waals surface area contributed by atoms with Gasteiger partial charge in [0.1, 0.15) is 5.82 Å². The van der Waals surface area contributed by atoms with E-state index in [2.05, 4.69) is 6.07 Å². The molecule has 0 aliphatic carbocycles. The molecule has 0 unspecified atom stereocenters. The van der Waals surface area contributed by atoms with E-state index in [0.29, 0.717) is 5.56 Å². The first kappa shape index (κ1) is 9.22. The van der Waals surface area contributed by atoms with Crippen LogP contribution < -0.4 is 0 Å². The molecule has 0 atom stereocenters. The smallest absolute Gasteiger partial charge is 0.149 e. The lowest BCUT2D eigenvalue weighted by Crippen LogP contribution is -1.84. The average Bonchev–Trinajstić information content (AvgIpc) is 2.23. The van der Waals surface area contributed by atoms with Crippen LogP contribution in [-0.2, 0) is 0 Å². The quantitative estimate of drug-likeness (QED) is 0.662. The van der Waals surface area contributed by atoms with Crippen molar-refractivity contribution in [1.82, 2.24) is 0 Å². The summed E-state index contributed by atoms with van der Waals surface area (Å²) in [5, 5.41) is 0.145. The molecule has 0 aliphatic rings. The van der Waals surface area contributed by atoms with Gasteiger partial charge in [-0.15, -0.1) is 0 Å². The SMILES string of the molecule is Fc1c(Cl)cccc1-c1c[c]ccc1. The van der Waals surface area contributed by atoms with Crippen LogP contribution in [0.2, 0.25) is 5.02 Å². The Morgan fingerprint density at radius 1 is 1.14 bits per heavy atom. The van der Waals surface area contributed by atoms with E-state index in [-0.39, 0.29) is 10.8 Å². The van der Waals surface area contributed by atoms with Gasteiger partial charge >= 0.3 is 0 Å². The van der Waals surface area contributed by atoms with Gasteiger partial charge in [0.2, 0.25) is 0 Å². The van der Waals surface area contributed by atoms with Gasteiger partial charge in [-0.2, -0.15) is 0 Å². The molecule has 2 aromatic carbocycles. The van der Waals surface area contributed by atoms with Gasteiger partial charge in [0, 0.05) is 5.56 Å². The number of rotatable bonds is 1. The van der Waals surface area contributed by atoms with Crippen molar-refractivity contribution in [2.75, 3.05) is 0 Å². The molecule has 0 N–H and O–H groups in total. The van der Waals surface area contributed by atoms with Gasteiger partial charge < -0.3 is 0 Å². The fraction of sp³-hybridized carbons (Fsp3) is 0. The van der Waals surface area contributed by atoms with Crippen LogP contribution in [0.3, 0.4) is 0 Å². The van der Waals surface area contributed by atoms with E-state index in [1.165, 1.54) is 6.07 Å². The Morgan fingerprint density at radius 3 is 2.71 bits per heavy atom. The van der Waals surface area contributed by atoms with Crippen LogP contribution in [0, 0.1) is 11.9 Å². The summed E-state index contributed by atoms with van der Waals surface area (Å²) >= 11 is 5.68. The van der Waals surface area contributed by atoms with Crippen molar-refractivity contribution in [3.05, 3.63) is 59.4 Å². The summed E-state index contributed by atoms with van der Waals surface area (Å²) < 4.78 is 13.5. The first-order valence-corrected chi connectivity index (χ1v) is 4.57. The molecule has 0 heterocycles. The van der Waals surface area contributed by atoms with E-state index in [9.17, 15) is 4.39 Å². The molecular formula is C12H7ClF. The number of halogens is 2. The van der Waals surface area contributed by atoms with E-state index in [0.717, 1.165) is 5.56 Å². The van der Waals surface area contributed by atoms with Crippen LogP contribution in [-0.4, -0.2) is 0 Å². The molecule has 0 amide bonds. The van der Waals surface area contributed by atoms with Crippen molar-refractivity contribution in [3.63, 3.8) is 0 Å². The molecule has 0 aromatic heterocycles. The van der Waals surface area contributed by atoms with E-state index in [4.69, 9.17) is 11.6 Å². The summed E-state index contributed by atoms with van der Waals surface area (Å²) in [6.45, 7) is 0. The van der Waals surface area contributed by atoms with Crippen molar-refractivity contribution in [1.29, 1.82) is 0 Å². The molecule has 0 spiro atoms. The third-order valence-corrected chi connectivity index (χ3v) is 2.26. The Hall–Kier alpha value is -1.34. The summed E-state index contributed by atoms with van der Waals surface area (Å²) in [4.78, 5) is 0. The summed E-state index contributed by atoms with van der Waals surface area (Å²) in [5.74, 6) is -0.381. The summed E-state index contributed by atoms with van der Waals surface area (Å²) in [5.41, 5.74) is 1.29. The largest absolute Gasteiger partial charge is 0.205 e. The van der Waals surface area contributed by atoms with Crippen molar-refractivity contribution >= 4 is 11.6 Å². The molecule has 2 rings (SSSR count). The number of hydrogen-bond acceptors (Lipinski definition) is 0. The Morgan fingerprint density at radius 2 is 2.00 bits per heavy atom. The fourth-order valence-electron chi connectivity index (χ4n) is 1.29. The van der Waals surface area contributed by atoms with E-state index in [1.54, 1.807) is 24.3 Å². The molecule has 14 heavy (non-hydrogen) atoms. The lowest BCUT2D eigenvalue weighted by atomic mass is 10.1. The van der Waals surface area contributed by atoms with Crippen molar-refractivity contribution < 1.29 is 4.39 Å². The molecule has 0 saturated carbocycles. The highest BCUT2D eigenvalue weighted by Crippen LogP contribution is 2.26. The van der Waals surface area contributed by atoms with Crippen molar-refractivity contribution in [2.45, 2.75) is 0 Å². The molecule has 2 heteroatoms. The molecule has 2 aromatic rings. The average molecular weight is 206 g/mol. The zero-order valence-corrected chi connectivity index (χ0v) is 8.05. The highest BCUT2D eigenvalue weighted by Gasteiger charge is 2.06. The van der Waals surface area contributed by atoms with Crippen LogP contribution in [0.5, 0.6) is 0 Å². The summed E-state index contributed by atoms with van der Waals surface area (Å²) in [6.07, 6.45) is 0. The van der Waals surface area contributed by atoms with Gasteiger partial charge in [-0.3, -0.25) is 0 Å². The minimum atomic E-state index is -0.381. The Balaban J connectivity index is 2.58. The normalized spacial score (nSPS) is 10.1. The summed E-state index contributed by atoms with van der Waals surface area (Å²) in [6, 6.07) is 15.0.